The summed E-state index contributed by atoms with van der Waals surface area (Å²) in [7, 11) is 0. The molecule has 0 saturated carbocycles. The standard InChI is InChI=1S/C19H24ClN5/c1-3-24(4-2)12-6-11-21-18-9-10-19-22-14-17(25(19)23-18)15-7-5-8-16(20)13-15/h5,7-10,13-14H,3-4,6,11-12H2,1-2H3,(H,21,23). The van der Waals surface area contributed by atoms with Gasteiger partial charge in [0.2, 0.25) is 0 Å². The minimum atomic E-state index is 0.707. The van der Waals surface area contributed by atoms with Gasteiger partial charge in [0, 0.05) is 17.1 Å². The van der Waals surface area contributed by atoms with Crippen LogP contribution in [0.2, 0.25) is 5.02 Å². The summed E-state index contributed by atoms with van der Waals surface area (Å²) in [5.41, 5.74) is 2.76. The zero-order valence-corrected chi connectivity index (χ0v) is 15.5. The molecule has 0 atom stereocenters. The summed E-state index contributed by atoms with van der Waals surface area (Å²) in [5, 5.41) is 8.80. The fourth-order valence-electron chi connectivity index (χ4n) is 2.87. The number of hydrogen-bond donors (Lipinski definition) is 1. The first-order chi connectivity index (χ1) is 12.2. The van der Waals surface area contributed by atoms with E-state index < -0.39 is 0 Å². The zero-order valence-electron chi connectivity index (χ0n) is 14.7. The molecule has 2 heterocycles. The van der Waals surface area contributed by atoms with E-state index in [2.05, 4.69) is 34.1 Å². The number of aromatic nitrogens is 3. The number of benzene rings is 1. The number of rotatable bonds is 8. The van der Waals surface area contributed by atoms with E-state index in [1.54, 1.807) is 0 Å². The largest absolute Gasteiger partial charge is 0.369 e. The summed E-state index contributed by atoms with van der Waals surface area (Å²) in [4.78, 5) is 6.85. The van der Waals surface area contributed by atoms with Gasteiger partial charge < -0.3 is 10.2 Å². The van der Waals surface area contributed by atoms with Crippen molar-refractivity contribution in [1.29, 1.82) is 0 Å². The molecule has 1 N–H and O–H groups in total. The summed E-state index contributed by atoms with van der Waals surface area (Å²) in [6.07, 6.45) is 2.92. The molecule has 132 valence electrons. The molecule has 6 heteroatoms. The summed E-state index contributed by atoms with van der Waals surface area (Å²) in [6.45, 7) is 8.58. The van der Waals surface area contributed by atoms with Crippen molar-refractivity contribution in [1.82, 2.24) is 19.5 Å². The maximum atomic E-state index is 6.11. The average Bonchev–Trinajstić information content (AvgIpc) is 3.05. The van der Waals surface area contributed by atoms with Crippen molar-refractivity contribution >= 4 is 23.1 Å². The summed E-state index contributed by atoms with van der Waals surface area (Å²) >= 11 is 6.11. The molecule has 3 aromatic rings. The van der Waals surface area contributed by atoms with Gasteiger partial charge in [-0.05, 0) is 50.3 Å². The Labute approximate surface area is 153 Å². The number of hydrogen-bond acceptors (Lipinski definition) is 4. The highest BCUT2D eigenvalue weighted by Crippen LogP contribution is 2.23. The van der Waals surface area contributed by atoms with E-state index >= 15 is 0 Å². The first kappa shape index (κ1) is 17.7. The lowest BCUT2D eigenvalue weighted by molar-refractivity contribution is 0.303. The van der Waals surface area contributed by atoms with Crippen molar-refractivity contribution in [2.24, 2.45) is 0 Å². The Bertz CT molecular complexity index is 826. The molecule has 0 saturated heterocycles. The summed E-state index contributed by atoms with van der Waals surface area (Å²) < 4.78 is 1.86. The van der Waals surface area contributed by atoms with Crippen LogP contribution in [0.5, 0.6) is 0 Å². The molecule has 0 bridgehead atoms. The van der Waals surface area contributed by atoms with E-state index in [4.69, 9.17) is 11.6 Å². The second kappa shape index (κ2) is 8.32. The van der Waals surface area contributed by atoms with Crippen LogP contribution in [0.25, 0.3) is 16.9 Å². The first-order valence-electron chi connectivity index (χ1n) is 8.78. The van der Waals surface area contributed by atoms with E-state index in [1.165, 1.54) is 0 Å². The smallest absolute Gasteiger partial charge is 0.154 e. The minimum absolute atomic E-state index is 0.707. The Morgan fingerprint density at radius 1 is 1.16 bits per heavy atom. The molecular weight excluding hydrogens is 334 g/mol. The monoisotopic (exact) mass is 357 g/mol. The molecule has 0 radical (unpaired) electrons. The van der Waals surface area contributed by atoms with E-state index in [9.17, 15) is 0 Å². The van der Waals surface area contributed by atoms with Gasteiger partial charge in [-0.1, -0.05) is 37.6 Å². The van der Waals surface area contributed by atoms with Crippen molar-refractivity contribution in [3.63, 3.8) is 0 Å². The van der Waals surface area contributed by atoms with E-state index in [0.29, 0.717) is 5.02 Å². The third kappa shape index (κ3) is 4.30. The van der Waals surface area contributed by atoms with Crippen LogP contribution in [-0.4, -0.2) is 45.7 Å². The molecule has 0 aliphatic heterocycles. The number of nitrogens with one attached hydrogen (secondary N) is 1. The maximum absolute atomic E-state index is 6.11. The van der Waals surface area contributed by atoms with Crippen LogP contribution < -0.4 is 5.32 Å². The highest BCUT2D eigenvalue weighted by molar-refractivity contribution is 6.30. The van der Waals surface area contributed by atoms with E-state index in [0.717, 1.165) is 55.3 Å². The molecule has 0 aliphatic rings. The van der Waals surface area contributed by atoms with Crippen LogP contribution in [0.1, 0.15) is 20.3 Å². The van der Waals surface area contributed by atoms with Gasteiger partial charge in [-0.2, -0.15) is 0 Å². The lowest BCUT2D eigenvalue weighted by atomic mass is 10.2. The molecule has 25 heavy (non-hydrogen) atoms. The number of nitrogens with zero attached hydrogens (tertiary/aromatic N) is 4. The van der Waals surface area contributed by atoms with Crippen LogP contribution in [0.3, 0.4) is 0 Å². The Morgan fingerprint density at radius 3 is 2.76 bits per heavy atom. The van der Waals surface area contributed by atoms with Crippen molar-refractivity contribution in [3.05, 3.63) is 47.6 Å². The number of anilines is 1. The molecule has 1 aromatic carbocycles. The highest BCUT2D eigenvalue weighted by Gasteiger charge is 2.08. The van der Waals surface area contributed by atoms with Crippen LogP contribution in [0.4, 0.5) is 5.82 Å². The van der Waals surface area contributed by atoms with Crippen molar-refractivity contribution in [3.8, 4) is 11.3 Å². The summed E-state index contributed by atoms with van der Waals surface area (Å²) in [5.74, 6) is 0.855. The third-order valence-corrected chi connectivity index (χ3v) is 4.57. The molecular formula is C19H24ClN5. The normalized spacial score (nSPS) is 11.4. The van der Waals surface area contributed by atoms with Crippen LogP contribution >= 0.6 is 11.6 Å². The van der Waals surface area contributed by atoms with Gasteiger partial charge >= 0.3 is 0 Å². The molecule has 0 fully saturated rings. The van der Waals surface area contributed by atoms with Gasteiger partial charge in [0.25, 0.3) is 0 Å². The van der Waals surface area contributed by atoms with E-state index in [1.807, 2.05) is 47.1 Å². The fraction of sp³-hybridized carbons (Fsp3) is 0.368. The second-order valence-corrected chi connectivity index (χ2v) is 6.39. The Balaban J connectivity index is 1.72. The Kier molecular flexibility index (Phi) is 5.89. The second-order valence-electron chi connectivity index (χ2n) is 5.95. The topological polar surface area (TPSA) is 45.5 Å². The van der Waals surface area contributed by atoms with Crippen LogP contribution in [-0.2, 0) is 0 Å². The third-order valence-electron chi connectivity index (χ3n) is 4.33. The van der Waals surface area contributed by atoms with E-state index in [-0.39, 0.29) is 0 Å². The first-order valence-corrected chi connectivity index (χ1v) is 9.16. The minimum Gasteiger partial charge on any atom is -0.369 e. The molecule has 2 aromatic heterocycles. The molecule has 5 nitrogen and oxygen atoms in total. The van der Waals surface area contributed by atoms with Gasteiger partial charge in [-0.3, -0.25) is 0 Å². The summed E-state index contributed by atoms with van der Waals surface area (Å²) in [6, 6.07) is 11.7. The molecule has 0 amide bonds. The molecule has 3 rings (SSSR count). The lowest BCUT2D eigenvalue weighted by Gasteiger charge is -2.17. The Morgan fingerprint density at radius 2 is 2.00 bits per heavy atom. The highest BCUT2D eigenvalue weighted by atomic mass is 35.5. The SMILES string of the molecule is CCN(CC)CCCNc1ccc2ncc(-c3cccc(Cl)c3)n2n1. The molecule has 0 spiro atoms. The quantitative estimate of drug-likeness (QED) is 0.614. The predicted molar refractivity (Wildman–Crippen MR) is 104 cm³/mol. The van der Waals surface area contributed by atoms with Crippen molar-refractivity contribution < 1.29 is 0 Å². The predicted octanol–water partition coefficient (Wildman–Crippen LogP) is 4.19. The molecule has 0 aliphatic carbocycles. The molecule has 0 unspecified atom stereocenters. The van der Waals surface area contributed by atoms with Gasteiger partial charge in [0.15, 0.2) is 5.65 Å². The van der Waals surface area contributed by atoms with Crippen LogP contribution in [0, 0.1) is 0 Å². The number of halogens is 1. The average molecular weight is 358 g/mol. The lowest BCUT2D eigenvalue weighted by Crippen LogP contribution is -2.25. The number of fused-ring (bicyclic) bond motifs is 1. The van der Waals surface area contributed by atoms with Crippen molar-refractivity contribution in [2.45, 2.75) is 20.3 Å². The van der Waals surface area contributed by atoms with Gasteiger partial charge in [0.1, 0.15) is 5.82 Å². The maximum Gasteiger partial charge on any atom is 0.154 e. The number of imidazole rings is 1. The van der Waals surface area contributed by atoms with Gasteiger partial charge in [0.05, 0.1) is 11.9 Å². The fourth-order valence-corrected chi connectivity index (χ4v) is 3.06. The Hall–Kier alpha value is -2.11. The van der Waals surface area contributed by atoms with Crippen molar-refractivity contribution in [2.75, 3.05) is 31.5 Å². The van der Waals surface area contributed by atoms with Gasteiger partial charge in [-0.15, -0.1) is 5.10 Å². The van der Waals surface area contributed by atoms with Gasteiger partial charge in [-0.25, -0.2) is 9.50 Å². The van der Waals surface area contributed by atoms with Crippen LogP contribution in [0.15, 0.2) is 42.6 Å². The zero-order chi connectivity index (χ0) is 17.6.